The van der Waals surface area contributed by atoms with Crippen LogP contribution in [0.4, 0.5) is 4.39 Å². The maximum atomic E-state index is 13.3. The van der Waals surface area contributed by atoms with E-state index in [1.165, 1.54) is 6.07 Å². The molecule has 0 bridgehead atoms. The lowest BCUT2D eigenvalue weighted by molar-refractivity contribution is 0.277. The number of halogens is 1. The summed E-state index contributed by atoms with van der Waals surface area (Å²) in [5.74, 6) is -0.0952. The van der Waals surface area contributed by atoms with Gasteiger partial charge in [-0.2, -0.15) is 0 Å². The van der Waals surface area contributed by atoms with Gasteiger partial charge in [-0.3, -0.25) is 0 Å². The van der Waals surface area contributed by atoms with Crippen molar-refractivity contribution in [2.75, 3.05) is 6.61 Å². The van der Waals surface area contributed by atoms with Gasteiger partial charge in [0.2, 0.25) is 0 Å². The molecule has 5 nitrogen and oxygen atoms in total. The first-order chi connectivity index (χ1) is 9.65. The molecule has 2 rings (SSSR count). The summed E-state index contributed by atoms with van der Waals surface area (Å²) in [7, 11) is 0. The van der Waals surface area contributed by atoms with Crippen LogP contribution in [0.3, 0.4) is 0 Å². The maximum absolute atomic E-state index is 13.3. The fourth-order valence-corrected chi connectivity index (χ4v) is 1.65. The molecule has 0 fully saturated rings. The number of nitrogens with one attached hydrogen (secondary N) is 1. The third-order valence-electron chi connectivity index (χ3n) is 2.69. The van der Waals surface area contributed by atoms with Gasteiger partial charge in [-0.25, -0.2) is 9.07 Å². The van der Waals surface area contributed by atoms with Gasteiger partial charge in [0.1, 0.15) is 6.61 Å². The number of nitrogens with zero attached hydrogens (tertiary/aromatic N) is 3. The van der Waals surface area contributed by atoms with E-state index in [2.05, 4.69) is 29.5 Å². The summed E-state index contributed by atoms with van der Waals surface area (Å²) < 4.78 is 20.4. The van der Waals surface area contributed by atoms with E-state index in [4.69, 9.17) is 4.74 Å². The lowest BCUT2D eigenvalue weighted by Crippen LogP contribution is -2.21. The number of hydrogen-bond donors (Lipinski definition) is 1. The Morgan fingerprint density at radius 3 is 2.90 bits per heavy atom. The van der Waals surface area contributed by atoms with Gasteiger partial charge in [-0.15, -0.1) is 5.10 Å². The van der Waals surface area contributed by atoms with Crippen LogP contribution < -0.4 is 10.1 Å². The summed E-state index contributed by atoms with van der Waals surface area (Å²) in [5, 5.41) is 11.3. The minimum absolute atomic E-state index is 0.259. The molecule has 6 heteroatoms. The van der Waals surface area contributed by atoms with Crippen molar-refractivity contribution in [3.63, 3.8) is 0 Å². The van der Waals surface area contributed by atoms with Gasteiger partial charge in [0.05, 0.1) is 12.2 Å². The van der Waals surface area contributed by atoms with Crippen LogP contribution in [-0.4, -0.2) is 27.6 Å². The molecule has 1 N–H and O–H groups in total. The molecule has 1 aromatic carbocycles. The first kappa shape index (κ1) is 14.5. The number of para-hydroxylation sites is 1. The number of ether oxygens (including phenoxy) is 1. The van der Waals surface area contributed by atoms with Gasteiger partial charge in [-0.1, -0.05) is 31.2 Å². The standard InChI is InChI=1S/C14H19FN4O/c1-11(2)16-9-12-10-19(18-17-12)7-8-20-14-6-4-3-5-13(14)15/h3-6,10-11,16H,7-9H2,1-2H3. The Morgan fingerprint density at radius 1 is 1.35 bits per heavy atom. The third kappa shape index (κ3) is 4.31. The molecule has 20 heavy (non-hydrogen) atoms. The fourth-order valence-electron chi connectivity index (χ4n) is 1.65. The second-order valence-corrected chi connectivity index (χ2v) is 4.79. The first-order valence-corrected chi connectivity index (χ1v) is 6.65. The number of aromatic nitrogens is 3. The molecule has 108 valence electrons. The van der Waals surface area contributed by atoms with Crippen LogP contribution in [0.2, 0.25) is 0 Å². The Bertz CT molecular complexity index is 541. The van der Waals surface area contributed by atoms with E-state index in [1.54, 1.807) is 22.9 Å². The first-order valence-electron chi connectivity index (χ1n) is 6.65. The Balaban J connectivity index is 1.78. The molecule has 0 saturated heterocycles. The highest BCUT2D eigenvalue weighted by molar-refractivity contribution is 5.23. The fraction of sp³-hybridized carbons (Fsp3) is 0.429. The second kappa shape index (κ2) is 7.00. The molecular weight excluding hydrogens is 259 g/mol. The highest BCUT2D eigenvalue weighted by Gasteiger charge is 2.04. The van der Waals surface area contributed by atoms with E-state index in [0.29, 0.717) is 25.7 Å². The van der Waals surface area contributed by atoms with Crippen molar-refractivity contribution in [1.29, 1.82) is 0 Å². The average molecular weight is 278 g/mol. The lowest BCUT2D eigenvalue weighted by atomic mass is 10.3. The average Bonchev–Trinajstić information content (AvgIpc) is 2.87. The molecule has 0 atom stereocenters. The monoisotopic (exact) mass is 278 g/mol. The third-order valence-corrected chi connectivity index (χ3v) is 2.69. The van der Waals surface area contributed by atoms with Crippen LogP contribution in [0, 0.1) is 5.82 Å². The van der Waals surface area contributed by atoms with E-state index in [0.717, 1.165) is 5.69 Å². The zero-order valence-corrected chi connectivity index (χ0v) is 11.7. The zero-order valence-electron chi connectivity index (χ0n) is 11.7. The van der Waals surface area contributed by atoms with Gasteiger partial charge >= 0.3 is 0 Å². The van der Waals surface area contributed by atoms with Crippen LogP contribution in [0.1, 0.15) is 19.5 Å². The van der Waals surface area contributed by atoms with Crippen LogP contribution >= 0.6 is 0 Å². The minimum atomic E-state index is -0.354. The van der Waals surface area contributed by atoms with Crippen molar-refractivity contribution < 1.29 is 9.13 Å². The Morgan fingerprint density at radius 2 is 2.15 bits per heavy atom. The molecule has 1 heterocycles. The van der Waals surface area contributed by atoms with E-state index in [9.17, 15) is 4.39 Å². The van der Waals surface area contributed by atoms with Crippen molar-refractivity contribution in [3.8, 4) is 5.75 Å². The topological polar surface area (TPSA) is 52.0 Å². The summed E-state index contributed by atoms with van der Waals surface area (Å²) in [5.41, 5.74) is 0.879. The number of rotatable bonds is 7. The Kier molecular flexibility index (Phi) is 5.06. The molecule has 0 radical (unpaired) electrons. The molecule has 0 saturated carbocycles. The molecule has 2 aromatic rings. The molecule has 0 aliphatic rings. The Labute approximate surface area is 117 Å². The van der Waals surface area contributed by atoms with Crippen LogP contribution in [0.15, 0.2) is 30.5 Å². The number of hydrogen-bond acceptors (Lipinski definition) is 4. The molecular formula is C14H19FN4O. The predicted octanol–water partition coefficient (Wildman–Crippen LogP) is 1.99. The van der Waals surface area contributed by atoms with Crippen molar-refractivity contribution in [2.24, 2.45) is 0 Å². The molecule has 0 amide bonds. The lowest BCUT2D eigenvalue weighted by Gasteiger charge is -2.06. The smallest absolute Gasteiger partial charge is 0.165 e. The van der Waals surface area contributed by atoms with Crippen LogP contribution in [0.25, 0.3) is 0 Å². The molecule has 0 spiro atoms. The zero-order chi connectivity index (χ0) is 14.4. The largest absolute Gasteiger partial charge is 0.489 e. The van der Waals surface area contributed by atoms with Gasteiger partial charge in [-0.05, 0) is 12.1 Å². The summed E-state index contributed by atoms with van der Waals surface area (Å²) in [6.45, 7) is 5.72. The van der Waals surface area contributed by atoms with Crippen molar-refractivity contribution in [3.05, 3.63) is 42.0 Å². The molecule has 0 aliphatic carbocycles. The summed E-state index contributed by atoms with van der Waals surface area (Å²) in [6.07, 6.45) is 1.86. The van der Waals surface area contributed by atoms with E-state index < -0.39 is 0 Å². The predicted molar refractivity (Wildman–Crippen MR) is 73.9 cm³/mol. The molecule has 0 unspecified atom stereocenters. The highest BCUT2D eigenvalue weighted by atomic mass is 19.1. The number of benzene rings is 1. The van der Waals surface area contributed by atoms with Crippen molar-refractivity contribution in [1.82, 2.24) is 20.3 Å². The van der Waals surface area contributed by atoms with Crippen LogP contribution in [-0.2, 0) is 13.1 Å². The van der Waals surface area contributed by atoms with Crippen molar-refractivity contribution >= 4 is 0 Å². The minimum Gasteiger partial charge on any atom is -0.489 e. The van der Waals surface area contributed by atoms with Gasteiger partial charge < -0.3 is 10.1 Å². The van der Waals surface area contributed by atoms with Gasteiger partial charge in [0.25, 0.3) is 0 Å². The quantitative estimate of drug-likeness (QED) is 0.841. The van der Waals surface area contributed by atoms with Gasteiger partial charge in [0, 0.05) is 18.8 Å². The Hall–Kier alpha value is -1.95. The maximum Gasteiger partial charge on any atom is 0.165 e. The SMILES string of the molecule is CC(C)NCc1cn(CCOc2ccccc2F)nn1. The highest BCUT2D eigenvalue weighted by Crippen LogP contribution is 2.15. The normalized spacial score (nSPS) is 11.0. The molecule has 1 aromatic heterocycles. The summed E-state index contributed by atoms with van der Waals surface area (Å²) in [4.78, 5) is 0. The second-order valence-electron chi connectivity index (χ2n) is 4.79. The van der Waals surface area contributed by atoms with E-state index in [-0.39, 0.29) is 11.6 Å². The van der Waals surface area contributed by atoms with Gasteiger partial charge in [0.15, 0.2) is 11.6 Å². The van der Waals surface area contributed by atoms with E-state index >= 15 is 0 Å². The van der Waals surface area contributed by atoms with E-state index in [1.807, 2.05) is 6.20 Å². The molecule has 0 aliphatic heterocycles. The summed E-state index contributed by atoms with van der Waals surface area (Å²) in [6, 6.07) is 6.76. The van der Waals surface area contributed by atoms with Crippen LogP contribution in [0.5, 0.6) is 5.75 Å². The van der Waals surface area contributed by atoms with Crippen molar-refractivity contribution in [2.45, 2.75) is 33.0 Å². The summed E-state index contributed by atoms with van der Waals surface area (Å²) >= 11 is 0.